The van der Waals surface area contributed by atoms with Gasteiger partial charge in [-0.25, -0.2) is 0 Å². The number of hydrogen-bond acceptors (Lipinski definition) is 4. The predicted octanol–water partition coefficient (Wildman–Crippen LogP) is 2.26. The number of ether oxygens (including phenoxy) is 2. The topological polar surface area (TPSA) is 56.6 Å². The van der Waals surface area contributed by atoms with E-state index in [2.05, 4.69) is 5.10 Å². The number of aromatic nitrogens is 2. The third-order valence-electron chi connectivity index (χ3n) is 5.29. The zero-order valence-electron chi connectivity index (χ0n) is 15.1. The summed E-state index contributed by atoms with van der Waals surface area (Å²) in [5, 5.41) is 4.41. The number of aryl methyl sites for hydroxylation is 2. The van der Waals surface area contributed by atoms with Crippen molar-refractivity contribution in [3.63, 3.8) is 0 Å². The Morgan fingerprint density at radius 2 is 2.33 bits per heavy atom. The van der Waals surface area contributed by atoms with Gasteiger partial charge in [-0.3, -0.25) is 9.48 Å². The molecule has 0 spiro atoms. The monoisotopic (exact) mass is 335 g/mol. The number of piperidine rings is 1. The van der Waals surface area contributed by atoms with E-state index in [-0.39, 0.29) is 17.4 Å². The predicted molar refractivity (Wildman–Crippen MR) is 91.1 cm³/mol. The molecule has 0 aliphatic carbocycles. The Balaban J connectivity index is 1.80. The van der Waals surface area contributed by atoms with Crippen LogP contribution in [0.25, 0.3) is 0 Å². The van der Waals surface area contributed by atoms with Crippen molar-refractivity contribution in [2.75, 3.05) is 32.9 Å². The first-order valence-corrected chi connectivity index (χ1v) is 9.12. The minimum atomic E-state index is -0.0612. The maximum atomic E-state index is 13.1. The van der Waals surface area contributed by atoms with Crippen LogP contribution in [0.2, 0.25) is 0 Å². The summed E-state index contributed by atoms with van der Waals surface area (Å²) >= 11 is 0. The van der Waals surface area contributed by atoms with Crippen LogP contribution in [0.3, 0.4) is 0 Å². The van der Waals surface area contributed by atoms with Gasteiger partial charge in [-0.15, -0.1) is 0 Å². The van der Waals surface area contributed by atoms with E-state index in [1.54, 1.807) is 4.68 Å². The van der Waals surface area contributed by atoms with Crippen LogP contribution in [0.15, 0.2) is 6.07 Å². The molecule has 1 aromatic heterocycles. The van der Waals surface area contributed by atoms with Crippen LogP contribution in [0, 0.1) is 12.3 Å². The molecule has 0 N–H and O–H groups in total. The molecule has 3 heterocycles. The fourth-order valence-electron chi connectivity index (χ4n) is 4.10. The number of hydrogen-bond donors (Lipinski definition) is 0. The standard InChI is InChI=1S/C18H29N3O3/c1-4-21-15(11-14(3)19-21)17(22)20-9-7-16-18(12-20,13-23-5-2)8-6-10-24-16/h11,16H,4-10,12-13H2,1-3H3/t16-,18-/m1/s1. The average molecular weight is 335 g/mol. The highest BCUT2D eigenvalue weighted by Crippen LogP contribution is 2.40. The van der Waals surface area contributed by atoms with Crippen molar-refractivity contribution in [1.29, 1.82) is 0 Å². The van der Waals surface area contributed by atoms with Crippen LogP contribution in [0.1, 0.15) is 49.3 Å². The van der Waals surface area contributed by atoms with E-state index in [1.807, 2.05) is 31.7 Å². The number of carbonyl (C=O) groups excluding carboxylic acids is 1. The minimum absolute atomic E-state index is 0.0612. The van der Waals surface area contributed by atoms with Crippen molar-refractivity contribution in [1.82, 2.24) is 14.7 Å². The molecule has 6 nitrogen and oxygen atoms in total. The summed E-state index contributed by atoms with van der Waals surface area (Å²) in [5.41, 5.74) is 1.52. The molecular formula is C18H29N3O3. The smallest absolute Gasteiger partial charge is 0.272 e. The van der Waals surface area contributed by atoms with E-state index in [4.69, 9.17) is 9.47 Å². The lowest BCUT2D eigenvalue weighted by atomic mass is 9.73. The Kier molecular flexibility index (Phi) is 5.25. The van der Waals surface area contributed by atoms with Crippen molar-refractivity contribution in [3.05, 3.63) is 17.5 Å². The Hall–Kier alpha value is -1.40. The third kappa shape index (κ3) is 3.22. The van der Waals surface area contributed by atoms with Gasteiger partial charge in [-0.1, -0.05) is 0 Å². The van der Waals surface area contributed by atoms with Crippen LogP contribution < -0.4 is 0 Å². The molecule has 2 fully saturated rings. The van der Waals surface area contributed by atoms with Gasteiger partial charge < -0.3 is 14.4 Å². The summed E-state index contributed by atoms with van der Waals surface area (Å²) in [6.07, 6.45) is 3.20. The number of carbonyl (C=O) groups is 1. The van der Waals surface area contributed by atoms with E-state index < -0.39 is 0 Å². The van der Waals surface area contributed by atoms with Crippen LogP contribution in [0.5, 0.6) is 0 Å². The van der Waals surface area contributed by atoms with E-state index in [9.17, 15) is 4.79 Å². The minimum Gasteiger partial charge on any atom is -0.381 e. The lowest BCUT2D eigenvalue weighted by molar-refractivity contribution is -0.146. The summed E-state index contributed by atoms with van der Waals surface area (Å²) < 4.78 is 13.6. The molecular weight excluding hydrogens is 306 g/mol. The van der Waals surface area contributed by atoms with Crippen LogP contribution in [-0.4, -0.2) is 59.6 Å². The van der Waals surface area contributed by atoms with Gasteiger partial charge in [-0.2, -0.15) is 5.10 Å². The Labute approximate surface area is 144 Å². The van der Waals surface area contributed by atoms with Gasteiger partial charge in [0, 0.05) is 38.3 Å². The SMILES string of the molecule is CCOC[C@]12CCCO[C@@H]1CCN(C(=O)c1cc(C)nn1CC)C2. The molecule has 1 amide bonds. The number of fused-ring (bicyclic) bond motifs is 1. The maximum absolute atomic E-state index is 13.1. The van der Waals surface area contributed by atoms with Gasteiger partial charge in [0.05, 0.1) is 18.4 Å². The quantitative estimate of drug-likeness (QED) is 0.828. The molecule has 2 atom stereocenters. The molecule has 2 aliphatic heterocycles. The van der Waals surface area contributed by atoms with Gasteiger partial charge in [0.2, 0.25) is 0 Å². The Bertz CT molecular complexity index is 586. The van der Waals surface area contributed by atoms with Gasteiger partial charge >= 0.3 is 0 Å². The first-order chi connectivity index (χ1) is 11.6. The fourth-order valence-corrected chi connectivity index (χ4v) is 4.10. The second-order valence-corrected chi connectivity index (χ2v) is 6.96. The maximum Gasteiger partial charge on any atom is 0.272 e. The van der Waals surface area contributed by atoms with Crippen LogP contribution in [-0.2, 0) is 16.0 Å². The first kappa shape index (κ1) is 17.4. The number of amides is 1. The van der Waals surface area contributed by atoms with Crippen molar-refractivity contribution in [2.45, 2.75) is 52.7 Å². The van der Waals surface area contributed by atoms with Crippen molar-refractivity contribution in [2.24, 2.45) is 5.41 Å². The molecule has 0 unspecified atom stereocenters. The second-order valence-electron chi connectivity index (χ2n) is 6.96. The molecule has 24 heavy (non-hydrogen) atoms. The van der Waals surface area contributed by atoms with Crippen molar-refractivity contribution < 1.29 is 14.3 Å². The summed E-state index contributed by atoms with van der Waals surface area (Å²) in [5.74, 6) is 0.0809. The average Bonchev–Trinajstić information content (AvgIpc) is 2.99. The summed E-state index contributed by atoms with van der Waals surface area (Å²) in [6, 6.07) is 1.89. The Morgan fingerprint density at radius 3 is 3.08 bits per heavy atom. The molecule has 2 saturated heterocycles. The molecule has 134 valence electrons. The molecule has 0 aromatic carbocycles. The van der Waals surface area contributed by atoms with E-state index >= 15 is 0 Å². The molecule has 1 aromatic rings. The number of rotatable bonds is 5. The fraction of sp³-hybridized carbons (Fsp3) is 0.778. The highest BCUT2D eigenvalue weighted by Gasteiger charge is 2.47. The summed E-state index contributed by atoms with van der Waals surface area (Å²) in [4.78, 5) is 15.0. The molecule has 2 aliphatic rings. The molecule has 0 radical (unpaired) electrons. The van der Waals surface area contributed by atoms with Crippen molar-refractivity contribution in [3.8, 4) is 0 Å². The van der Waals surface area contributed by atoms with Gasteiger partial charge in [0.1, 0.15) is 5.69 Å². The van der Waals surface area contributed by atoms with Gasteiger partial charge in [-0.05, 0) is 46.1 Å². The highest BCUT2D eigenvalue weighted by atomic mass is 16.5. The lowest BCUT2D eigenvalue weighted by Crippen LogP contribution is -2.58. The summed E-state index contributed by atoms with van der Waals surface area (Å²) in [7, 11) is 0. The lowest BCUT2D eigenvalue weighted by Gasteiger charge is -2.50. The molecule has 0 bridgehead atoms. The number of likely N-dealkylation sites (tertiary alicyclic amines) is 1. The highest BCUT2D eigenvalue weighted by molar-refractivity contribution is 5.92. The van der Waals surface area contributed by atoms with Crippen molar-refractivity contribution >= 4 is 5.91 Å². The number of nitrogens with zero attached hydrogens (tertiary/aromatic N) is 3. The first-order valence-electron chi connectivity index (χ1n) is 9.12. The zero-order valence-corrected chi connectivity index (χ0v) is 15.1. The van der Waals surface area contributed by atoms with E-state index in [0.29, 0.717) is 32.0 Å². The molecule has 0 saturated carbocycles. The normalized spacial score (nSPS) is 27.1. The molecule has 6 heteroatoms. The zero-order chi connectivity index (χ0) is 17.2. The Morgan fingerprint density at radius 1 is 1.50 bits per heavy atom. The van der Waals surface area contributed by atoms with E-state index in [0.717, 1.165) is 38.1 Å². The summed E-state index contributed by atoms with van der Waals surface area (Å²) in [6.45, 7) is 10.3. The van der Waals surface area contributed by atoms with Crippen LogP contribution >= 0.6 is 0 Å². The molecule has 3 rings (SSSR count). The van der Waals surface area contributed by atoms with Gasteiger partial charge in [0.15, 0.2) is 0 Å². The third-order valence-corrected chi connectivity index (χ3v) is 5.29. The second kappa shape index (κ2) is 7.23. The van der Waals surface area contributed by atoms with Crippen LogP contribution in [0.4, 0.5) is 0 Å². The van der Waals surface area contributed by atoms with Gasteiger partial charge in [0.25, 0.3) is 5.91 Å². The largest absolute Gasteiger partial charge is 0.381 e. The van der Waals surface area contributed by atoms with E-state index in [1.165, 1.54) is 0 Å².